The highest BCUT2D eigenvalue weighted by Crippen LogP contribution is 2.29. The number of carbonyl (C=O) groups is 2. The van der Waals surface area contributed by atoms with Crippen LogP contribution in [0.5, 0.6) is 11.5 Å². The molecule has 0 aliphatic heterocycles. The lowest BCUT2D eigenvalue weighted by molar-refractivity contribution is -0.159. The van der Waals surface area contributed by atoms with Gasteiger partial charge in [0.2, 0.25) is 0 Å². The highest BCUT2D eigenvalue weighted by atomic mass is 16.6. The number of esters is 2. The van der Waals surface area contributed by atoms with E-state index in [9.17, 15) is 19.8 Å². The van der Waals surface area contributed by atoms with Crippen LogP contribution in [0.2, 0.25) is 0 Å². The van der Waals surface area contributed by atoms with Crippen molar-refractivity contribution in [3.8, 4) is 11.5 Å². The predicted molar refractivity (Wildman–Crippen MR) is 125 cm³/mol. The van der Waals surface area contributed by atoms with Crippen molar-refractivity contribution in [3.05, 3.63) is 23.8 Å². The van der Waals surface area contributed by atoms with Crippen LogP contribution < -0.4 is 4.74 Å². The minimum absolute atomic E-state index is 0.0579. The van der Waals surface area contributed by atoms with Crippen LogP contribution in [0.3, 0.4) is 0 Å². The van der Waals surface area contributed by atoms with Crippen molar-refractivity contribution < 1.29 is 34.0 Å². The normalized spacial score (nSPS) is 17.1. The smallest absolute Gasteiger partial charge is 0.309 e. The van der Waals surface area contributed by atoms with E-state index in [-0.39, 0.29) is 29.7 Å². The SMILES string of the molecule is COc1cc(CCC(CC(CCCC(C)O)OC(C)=O)OC(=O)C2CCCCC2)ccc1O. The van der Waals surface area contributed by atoms with Crippen LogP contribution in [0.25, 0.3) is 0 Å². The predicted octanol–water partition coefficient (Wildman–Crippen LogP) is 4.70. The quantitative estimate of drug-likeness (QED) is 0.408. The second-order valence-corrected chi connectivity index (χ2v) is 9.19. The van der Waals surface area contributed by atoms with Crippen molar-refractivity contribution in [3.63, 3.8) is 0 Å². The molecule has 186 valence electrons. The first kappa shape index (κ1) is 27.0. The summed E-state index contributed by atoms with van der Waals surface area (Å²) in [6.07, 6.45) is 7.37. The van der Waals surface area contributed by atoms with Crippen LogP contribution in [-0.4, -0.2) is 47.6 Å². The number of aliphatic hydroxyl groups excluding tert-OH is 1. The number of benzene rings is 1. The molecule has 1 aromatic rings. The Hall–Kier alpha value is -2.28. The van der Waals surface area contributed by atoms with Gasteiger partial charge >= 0.3 is 11.9 Å². The minimum Gasteiger partial charge on any atom is -0.504 e. The number of carbonyl (C=O) groups excluding carboxylic acids is 2. The van der Waals surface area contributed by atoms with E-state index in [4.69, 9.17) is 14.2 Å². The van der Waals surface area contributed by atoms with Gasteiger partial charge in [-0.15, -0.1) is 0 Å². The third-order valence-corrected chi connectivity index (χ3v) is 6.23. The second-order valence-electron chi connectivity index (χ2n) is 9.19. The molecule has 0 spiro atoms. The van der Waals surface area contributed by atoms with Gasteiger partial charge in [0.1, 0.15) is 12.2 Å². The van der Waals surface area contributed by atoms with Crippen LogP contribution >= 0.6 is 0 Å². The largest absolute Gasteiger partial charge is 0.504 e. The molecular weight excluding hydrogens is 424 g/mol. The second kappa shape index (κ2) is 14.1. The first-order valence-electron chi connectivity index (χ1n) is 12.2. The zero-order valence-corrected chi connectivity index (χ0v) is 20.3. The Morgan fingerprint density at radius 3 is 2.39 bits per heavy atom. The number of rotatable bonds is 13. The Kier molecular flexibility index (Phi) is 11.5. The molecule has 1 saturated carbocycles. The van der Waals surface area contributed by atoms with E-state index in [1.807, 2.05) is 6.07 Å². The summed E-state index contributed by atoms with van der Waals surface area (Å²) < 4.78 is 16.7. The Morgan fingerprint density at radius 1 is 1.06 bits per heavy atom. The van der Waals surface area contributed by atoms with Crippen LogP contribution in [0.4, 0.5) is 0 Å². The Bertz CT molecular complexity index is 740. The number of ether oxygens (including phenoxy) is 3. The van der Waals surface area contributed by atoms with Gasteiger partial charge in [-0.3, -0.25) is 9.59 Å². The van der Waals surface area contributed by atoms with Gasteiger partial charge in [0.25, 0.3) is 0 Å². The average molecular weight is 465 g/mol. The molecule has 0 heterocycles. The Balaban J connectivity index is 2.07. The molecule has 0 amide bonds. The molecule has 1 aliphatic carbocycles. The van der Waals surface area contributed by atoms with E-state index in [0.717, 1.165) is 37.7 Å². The number of methoxy groups -OCH3 is 1. The molecule has 0 saturated heterocycles. The van der Waals surface area contributed by atoms with Crippen LogP contribution in [-0.2, 0) is 25.5 Å². The monoisotopic (exact) mass is 464 g/mol. The third-order valence-electron chi connectivity index (χ3n) is 6.23. The fourth-order valence-electron chi connectivity index (χ4n) is 4.42. The molecule has 0 aromatic heterocycles. The van der Waals surface area contributed by atoms with E-state index in [0.29, 0.717) is 44.3 Å². The average Bonchev–Trinajstić information content (AvgIpc) is 2.78. The molecule has 0 radical (unpaired) electrons. The van der Waals surface area contributed by atoms with Gasteiger partial charge in [-0.1, -0.05) is 25.3 Å². The number of hydrogen-bond acceptors (Lipinski definition) is 7. The molecule has 3 unspecified atom stereocenters. The van der Waals surface area contributed by atoms with Gasteiger partial charge in [0, 0.05) is 13.3 Å². The van der Waals surface area contributed by atoms with Crippen molar-refractivity contribution in [1.29, 1.82) is 0 Å². The third kappa shape index (κ3) is 10.0. The summed E-state index contributed by atoms with van der Waals surface area (Å²) in [6.45, 7) is 3.12. The molecule has 7 nitrogen and oxygen atoms in total. The number of aryl methyl sites for hydroxylation is 1. The van der Waals surface area contributed by atoms with E-state index >= 15 is 0 Å². The number of aromatic hydroxyl groups is 1. The highest BCUT2D eigenvalue weighted by Gasteiger charge is 2.27. The first-order chi connectivity index (χ1) is 15.8. The molecule has 33 heavy (non-hydrogen) atoms. The lowest BCUT2D eigenvalue weighted by atomic mass is 9.89. The summed E-state index contributed by atoms with van der Waals surface area (Å²) in [7, 11) is 1.50. The fourth-order valence-corrected chi connectivity index (χ4v) is 4.42. The van der Waals surface area contributed by atoms with Gasteiger partial charge < -0.3 is 24.4 Å². The molecule has 0 bridgehead atoms. The van der Waals surface area contributed by atoms with Crippen molar-refractivity contribution in [2.75, 3.05) is 7.11 Å². The molecule has 7 heteroatoms. The molecule has 2 rings (SSSR count). The topological polar surface area (TPSA) is 102 Å². The van der Waals surface area contributed by atoms with Gasteiger partial charge in [-0.25, -0.2) is 0 Å². The highest BCUT2D eigenvalue weighted by molar-refractivity contribution is 5.72. The number of phenolic OH excluding ortho intramolecular Hbond substituents is 1. The minimum atomic E-state index is -0.410. The molecule has 2 N–H and O–H groups in total. The summed E-state index contributed by atoms with van der Waals surface area (Å²) in [6, 6.07) is 5.19. The molecule has 3 atom stereocenters. The zero-order valence-electron chi connectivity index (χ0n) is 20.3. The number of aliphatic hydroxyl groups is 1. The molecule has 1 fully saturated rings. The van der Waals surface area contributed by atoms with Gasteiger partial charge in [-0.2, -0.15) is 0 Å². The number of phenols is 1. The lowest BCUT2D eigenvalue weighted by Gasteiger charge is -2.27. The fraction of sp³-hybridized carbons (Fsp3) is 0.692. The van der Waals surface area contributed by atoms with E-state index in [1.54, 1.807) is 19.1 Å². The summed E-state index contributed by atoms with van der Waals surface area (Å²) in [5.74, 6) is -0.0997. The maximum Gasteiger partial charge on any atom is 0.309 e. The van der Waals surface area contributed by atoms with E-state index < -0.39 is 12.2 Å². The van der Waals surface area contributed by atoms with Gasteiger partial charge in [0.05, 0.1) is 19.1 Å². The van der Waals surface area contributed by atoms with Crippen LogP contribution in [0, 0.1) is 5.92 Å². The molecule has 1 aromatic carbocycles. The van der Waals surface area contributed by atoms with Gasteiger partial charge in [0.15, 0.2) is 11.5 Å². The Morgan fingerprint density at radius 2 is 1.76 bits per heavy atom. The van der Waals surface area contributed by atoms with Crippen LogP contribution in [0.1, 0.15) is 83.6 Å². The standard InChI is InChI=1S/C26H40O7/c1-18(27)8-7-11-22(32-19(2)28)17-23(33-26(30)21-9-5-4-6-10-21)14-12-20-13-15-24(29)25(16-20)31-3/h13,15-16,18,21-23,27,29H,4-12,14,17H2,1-3H3. The van der Waals surface area contributed by atoms with Crippen LogP contribution in [0.15, 0.2) is 18.2 Å². The maximum atomic E-state index is 12.9. The molecular formula is C26H40O7. The van der Waals surface area contributed by atoms with E-state index in [2.05, 4.69) is 0 Å². The number of hydrogen-bond donors (Lipinski definition) is 2. The van der Waals surface area contributed by atoms with Gasteiger partial charge in [-0.05, 0) is 69.6 Å². The summed E-state index contributed by atoms with van der Waals surface area (Å²) in [4.78, 5) is 24.5. The van der Waals surface area contributed by atoms with Crippen molar-refractivity contribution in [1.82, 2.24) is 0 Å². The summed E-state index contributed by atoms with van der Waals surface area (Å²) in [5, 5.41) is 19.4. The lowest BCUT2D eigenvalue weighted by Crippen LogP contribution is -2.30. The van der Waals surface area contributed by atoms with Crippen molar-refractivity contribution in [2.24, 2.45) is 5.92 Å². The molecule has 1 aliphatic rings. The first-order valence-corrected chi connectivity index (χ1v) is 12.2. The Labute approximate surface area is 197 Å². The summed E-state index contributed by atoms with van der Waals surface area (Å²) in [5.41, 5.74) is 0.960. The summed E-state index contributed by atoms with van der Waals surface area (Å²) >= 11 is 0. The maximum absolute atomic E-state index is 12.9. The van der Waals surface area contributed by atoms with Crippen molar-refractivity contribution in [2.45, 2.75) is 103 Å². The van der Waals surface area contributed by atoms with Crippen molar-refractivity contribution >= 4 is 11.9 Å². The zero-order chi connectivity index (χ0) is 24.2. The van der Waals surface area contributed by atoms with E-state index in [1.165, 1.54) is 14.0 Å².